The molecule has 1 aliphatic carbocycles. The summed E-state index contributed by atoms with van der Waals surface area (Å²) in [4.78, 5) is 11.6. The maximum Gasteiger partial charge on any atom is 0.336 e. The number of hydrogen-bond donors (Lipinski definition) is 1. The zero-order valence-corrected chi connectivity index (χ0v) is 14.8. The molecule has 1 aliphatic rings. The third-order valence-corrected chi connectivity index (χ3v) is 4.28. The zero-order valence-electron chi connectivity index (χ0n) is 14.8. The standard InChI is InChI=1S/C23H22O3/c1-17-10-12-18(13-11-17)16-26-21-9-5-6-19(14-21)15-22(23(24)25)20-7-3-2-4-8-20/h2-10,12-15,17H,11,16H2,1H3,(H,24,25)/b22-15-. The molecule has 0 aliphatic heterocycles. The van der Waals surface area contributed by atoms with E-state index in [4.69, 9.17) is 4.74 Å². The highest BCUT2D eigenvalue weighted by molar-refractivity contribution is 6.20. The van der Waals surface area contributed by atoms with Gasteiger partial charge < -0.3 is 9.84 Å². The minimum Gasteiger partial charge on any atom is -0.489 e. The molecule has 0 aromatic heterocycles. The van der Waals surface area contributed by atoms with Crippen LogP contribution in [0.2, 0.25) is 0 Å². The Balaban J connectivity index is 1.76. The Morgan fingerprint density at radius 3 is 2.69 bits per heavy atom. The number of carboxylic acids is 1. The Morgan fingerprint density at radius 2 is 2.00 bits per heavy atom. The minimum absolute atomic E-state index is 0.259. The maximum absolute atomic E-state index is 11.6. The van der Waals surface area contributed by atoms with Gasteiger partial charge in [0.1, 0.15) is 12.4 Å². The molecule has 3 nitrogen and oxygen atoms in total. The number of ether oxygens (including phenoxy) is 1. The third-order valence-electron chi connectivity index (χ3n) is 4.28. The van der Waals surface area contributed by atoms with E-state index < -0.39 is 5.97 Å². The number of benzene rings is 2. The van der Waals surface area contributed by atoms with E-state index in [0.29, 0.717) is 18.1 Å². The number of rotatable bonds is 6. The van der Waals surface area contributed by atoms with Crippen LogP contribution >= 0.6 is 0 Å². The van der Waals surface area contributed by atoms with Crippen molar-refractivity contribution in [2.75, 3.05) is 6.61 Å². The molecule has 0 fully saturated rings. The molecule has 26 heavy (non-hydrogen) atoms. The molecule has 1 unspecified atom stereocenters. The molecule has 0 saturated carbocycles. The Hall–Kier alpha value is -3.07. The Bertz CT molecular complexity index is 860. The van der Waals surface area contributed by atoms with Gasteiger partial charge in [-0.1, -0.05) is 67.6 Å². The molecule has 0 spiro atoms. The third kappa shape index (κ3) is 4.73. The van der Waals surface area contributed by atoms with Gasteiger partial charge in [0.2, 0.25) is 0 Å². The second-order valence-corrected chi connectivity index (χ2v) is 6.44. The van der Waals surface area contributed by atoms with E-state index in [0.717, 1.165) is 17.7 Å². The first-order valence-corrected chi connectivity index (χ1v) is 8.72. The van der Waals surface area contributed by atoms with Gasteiger partial charge in [-0.3, -0.25) is 0 Å². The van der Waals surface area contributed by atoms with Crippen molar-refractivity contribution in [1.29, 1.82) is 0 Å². The van der Waals surface area contributed by atoms with Crippen LogP contribution in [0.3, 0.4) is 0 Å². The van der Waals surface area contributed by atoms with E-state index in [9.17, 15) is 9.90 Å². The average Bonchev–Trinajstić information content (AvgIpc) is 2.66. The van der Waals surface area contributed by atoms with Gasteiger partial charge in [-0.15, -0.1) is 0 Å². The van der Waals surface area contributed by atoms with Gasteiger partial charge in [-0.2, -0.15) is 0 Å². The van der Waals surface area contributed by atoms with Crippen molar-refractivity contribution in [2.45, 2.75) is 13.3 Å². The fraction of sp³-hybridized carbons (Fsp3) is 0.174. The fourth-order valence-corrected chi connectivity index (χ4v) is 2.79. The number of carboxylic acid groups (broad SMARTS) is 1. The van der Waals surface area contributed by atoms with E-state index in [1.54, 1.807) is 18.2 Å². The highest BCUT2D eigenvalue weighted by Gasteiger charge is 2.10. The summed E-state index contributed by atoms with van der Waals surface area (Å²) < 4.78 is 5.87. The van der Waals surface area contributed by atoms with Crippen LogP contribution in [0.15, 0.2) is 78.4 Å². The Morgan fingerprint density at radius 1 is 1.19 bits per heavy atom. The number of hydrogen-bond acceptors (Lipinski definition) is 2. The fourth-order valence-electron chi connectivity index (χ4n) is 2.79. The predicted octanol–water partition coefficient (Wildman–Crippen LogP) is 5.21. The summed E-state index contributed by atoms with van der Waals surface area (Å²) in [6.07, 6.45) is 9.21. The molecule has 0 heterocycles. The van der Waals surface area contributed by atoms with Crippen LogP contribution in [-0.4, -0.2) is 17.7 Å². The highest BCUT2D eigenvalue weighted by Crippen LogP contribution is 2.22. The lowest BCUT2D eigenvalue weighted by Gasteiger charge is -2.13. The maximum atomic E-state index is 11.6. The van der Waals surface area contributed by atoms with E-state index >= 15 is 0 Å². The molecule has 0 amide bonds. The van der Waals surface area contributed by atoms with Crippen molar-refractivity contribution < 1.29 is 14.6 Å². The largest absolute Gasteiger partial charge is 0.489 e. The normalized spacial score (nSPS) is 16.9. The minimum atomic E-state index is -0.950. The molecule has 3 rings (SSSR count). The molecular formula is C23H22O3. The molecule has 132 valence electrons. The predicted molar refractivity (Wildman–Crippen MR) is 105 cm³/mol. The first kappa shape index (κ1) is 17.7. The highest BCUT2D eigenvalue weighted by atomic mass is 16.5. The van der Waals surface area contributed by atoms with Crippen LogP contribution in [0.1, 0.15) is 24.5 Å². The van der Waals surface area contributed by atoms with Gasteiger partial charge in [0, 0.05) is 0 Å². The molecule has 3 heteroatoms. The average molecular weight is 346 g/mol. The van der Waals surface area contributed by atoms with Crippen molar-refractivity contribution in [3.8, 4) is 5.75 Å². The van der Waals surface area contributed by atoms with Crippen LogP contribution in [0.25, 0.3) is 11.6 Å². The summed E-state index contributed by atoms with van der Waals surface area (Å²) in [5.41, 5.74) is 2.90. The van der Waals surface area contributed by atoms with Crippen LogP contribution in [0.4, 0.5) is 0 Å². The van der Waals surface area contributed by atoms with E-state index in [2.05, 4.69) is 25.2 Å². The van der Waals surface area contributed by atoms with Crippen molar-refractivity contribution in [3.05, 3.63) is 89.5 Å². The summed E-state index contributed by atoms with van der Waals surface area (Å²) in [5, 5.41) is 9.54. The zero-order chi connectivity index (χ0) is 18.4. The lowest BCUT2D eigenvalue weighted by atomic mass is 9.99. The van der Waals surface area contributed by atoms with E-state index in [1.165, 1.54) is 5.57 Å². The van der Waals surface area contributed by atoms with Crippen molar-refractivity contribution in [3.63, 3.8) is 0 Å². The van der Waals surface area contributed by atoms with Crippen LogP contribution < -0.4 is 4.74 Å². The molecule has 0 saturated heterocycles. The van der Waals surface area contributed by atoms with Gasteiger partial charge in [-0.25, -0.2) is 4.79 Å². The lowest BCUT2D eigenvalue weighted by molar-refractivity contribution is -0.130. The Kier molecular flexibility index (Phi) is 5.69. The second kappa shape index (κ2) is 8.34. The summed E-state index contributed by atoms with van der Waals surface area (Å²) in [7, 11) is 0. The van der Waals surface area contributed by atoms with Crippen molar-refractivity contribution >= 4 is 17.6 Å². The van der Waals surface area contributed by atoms with Gasteiger partial charge in [0.15, 0.2) is 0 Å². The SMILES string of the molecule is CC1C=CC(COc2cccc(/C=C(\C(=O)O)c3ccccc3)c2)=CC1. The molecule has 1 atom stereocenters. The quantitative estimate of drug-likeness (QED) is 0.577. The Labute approximate surface area is 153 Å². The first-order chi connectivity index (χ1) is 12.6. The van der Waals surface area contributed by atoms with Crippen LogP contribution in [0, 0.1) is 5.92 Å². The van der Waals surface area contributed by atoms with E-state index in [-0.39, 0.29) is 5.57 Å². The monoisotopic (exact) mass is 346 g/mol. The van der Waals surface area contributed by atoms with Gasteiger partial charge in [-0.05, 0) is 47.2 Å². The lowest BCUT2D eigenvalue weighted by Crippen LogP contribution is -2.04. The summed E-state index contributed by atoms with van der Waals surface area (Å²) in [5.74, 6) is 0.359. The molecular weight excluding hydrogens is 324 g/mol. The number of allylic oxidation sites excluding steroid dienone is 2. The van der Waals surface area contributed by atoms with Gasteiger partial charge in [0.25, 0.3) is 0 Å². The molecule has 0 radical (unpaired) electrons. The van der Waals surface area contributed by atoms with Crippen LogP contribution in [-0.2, 0) is 4.79 Å². The van der Waals surface area contributed by atoms with Crippen molar-refractivity contribution in [1.82, 2.24) is 0 Å². The molecule has 1 N–H and O–H groups in total. The topological polar surface area (TPSA) is 46.5 Å². The summed E-state index contributed by atoms with van der Waals surface area (Å²) >= 11 is 0. The van der Waals surface area contributed by atoms with Crippen molar-refractivity contribution in [2.24, 2.45) is 5.92 Å². The second-order valence-electron chi connectivity index (χ2n) is 6.44. The van der Waals surface area contributed by atoms with Gasteiger partial charge >= 0.3 is 5.97 Å². The first-order valence-electron chi connectivity index (χ1n) is 8.72. The molecule has 0 bridgehead atoms. The summed E-state index contributed by atoms with van der Waals surface area (Å²) in [6.45, 7) is 2.70. The molecule has 2 aromatic rings. The van der Waals surface area contributed by atoms with Crippen LogP contribution in [0.5, 0.6) is 5.75 Å². The van der Waals surface area contributed by atoms with E-state index in [1.807, 2.05) is 42.5 Å². The van der Waals surface area contributed by atoms with Gasteiger partial charge in [0.05, 0.1) is 5.57 Å². The summed E-state index contributed by atoms with van der Waals surface area (Å²) in [6, 6.07) is 16.6. The number of aliphatic carboxylic acids is 1. The smallest absolute Gasteiger partial charge is 0.336 e. The number of carbonyl (C=O) groups is 1. The molecule has 2 aromatic carbocycles.